The van der Waals surface area contributed by atoms with Gasteiger partial charge in [-0.1, -0.05) is 17.8 Å². The van der Waals surface area contributed by atoms with E-state index in [2.05, 4.69) is 39.7 Å². The Labute approximate surface area is 176 Å². The molecule has 29 heavy (non-hydrogen) atoms. The Morgan fingerprint density at radius 2 is 1.97 bits per heavy atom. The molecule has 2 fully saturated rings. The molecule has 2 amide bonds. The lowest BCUT2D eigenvalue weighted by Crippen LogP contribution is -2.46. The van der Waals surface area contributed by atoms with Crippen LogP contribution in [0.15, 0.2) is 29.7 Å². The van der Waals surface area contributed by atoms with Crippen molar-refractivity contribution in [2.24, 2.45) is 0 Å². The van der Waals surface area contributed by atoms with E-state index in [0.29, 0.717) is 0 Å². The molecule has 0 N–H and O–H groups in total. The molecule has 2 aromatic heterocycles. The molecule has 8 heteroatoms. The van der Waals surface area contributed by atoms with E-state index < -0.39 is 0 Å². The molecule has 2 aliphatic rings. The summed E-state index contributed by atoms with van der Waals surface area (Å²) in [6.45, 7) is 7.75. The van der Waals surface area contributed by atoms with Crippen molar-refractivity contribution in [2.45, 2.75) is 62.4 Å². The van der Waals surface area contributed by atoms with E-state index in [-0.39, 0.29) is 18.0 Å². The zero-order valence-electron chi connectivity index (χ0n) is 17.3. The van der Waals surface area contributed by atoms with Crippen LogP contribution in [0.25, 0.3) is 0 Å². The molecular formula is C21H30N6OS. The first-order valence-electron chi connectivity index (χ1n) is 10.6. The highest BCUT2D eigenvalue weighted by molar-refractivity contribution is 7.98. The van der Waals surface area contributed by atoms with E-state index in [1.54, 1.807) is 18.0 Å². The van der Waals surface area contributed by atoms with Gasteiger partial charge in [0.1, 0.15) is 5.82 Å². The minimum absolute atomic E-state index is 0.203. The highest BCUT2D eigenvalue weighted by Gasteiger charge is 2.32. The van der Waals surface area contributed by atoms with Crippen molar-refractivity contribution in [1.29, 1.82) is 0 Å². The van der Waals surface area contributed by atoms with E-state index in [1.807, 2.05) is 22.1 Å². The first-order valence-corrected chi connectivity index (χ1v) is 11.6. The molecule has 1 atom stereocenters. The van der Waals surface area contributed by atoms with Gasteiger partial charge in [-0.15, -0.1) is 10.2 Å². The number of amides is 2. The normalized spacial score (nSPS) is 19.9. The van der Waals surface area contributed by atoms with Crippen LogP contribution >= 0.6 is 11.8 Å². The van der Waals surface area contributed by atoms with Gasteiger partial charge in [0.15, 0.2) is 5.16 Å². The van der Waals surface area contributed by atoms with Crippen LogP contribution in [0.1, 0.15) is 62.9 Å². The van der Waals surface area contributed by atoms with Gasteiger partial charge >= 0.3 is 6.03 Å². The minimum atomic E-state index is 0.203. The van der Waals surface area contributed by atoms with E-state index in [4.69, 9.17) is 0 Å². The van der Waals surface area contributed by atoms with Crippen molar-refractivity contribution in [3.63, 3.8) is 0 Å². The number of aromatic nitrogens is 4. The summed E-state index contributed by atoms with van der Waals surface area (Å²) in [5.41, 5.74) is 1.18. The molecule has 156 valence electrons. The summed E-state index contributed by atoms with van der Waals surface area (Å²) in [7, 11) is 0. The third kappa shape index (κ3) is 4.57. The maximum absolute atomic E-state index is 12.9. The minimum Gasteiger partial charge on any atom is -0.325 e. The third-order valence-corrected chi connectivity index (χ3v) is 6.75. The Bertz CT molecular complexity index is 818. The van der Waals surface area contributed by atoms with E-state index >= 15 is 0 Å². The SMILES string of the molecule is CC(C)n1c(SCc2cccnc2)nnc1[C@@H]1CCCN(C(=O)N2CCCC2)C1. The monoisotopic (exact) mass is 414 g/mol. The lowest BCUT2D eigenvalue weighted by Gasteiger charge is -2.35. The van der Waals surface area contributed by atoms with Gasteiger partial charge in [-0.3, -0.25) is 4.98 Å². The number of nitrogens with zero attached hydrogens (tertiary/aromatic N) is 6. The summed E-state index contributed by atoms with van der Waals surface area (Å²) in [5, 5.41) is 10.1. The summed E-state index contributed by atoms with van der Waals surface area (Å²) < 4.78 is 2.26. The molecule has 0 bridgehead atoms. The van der Waals surface area contributed by atoms with Crippen molar-refractivity contribution in [2.75, 3.05) is 26.2 Å². The number of pyridine rings is 1. The van der Waals surface area contributed by atoms with Crippen molar-refractivity contribution in [3.8, 4) is 0 Å². The highest BCUT2D eigenvalue weighted by atomic mass is 32.2. The molecule has 0 spiro atoms. The number of thioether (sulfide) groups is 1. The second-order valence-corrected chi connectivity index (χ2v) is 9.16. The van der Waals surface area contributed by atoms with Crippen LogP contribution in [0.2, 0.25) is 0 Å². The van der Waals surface area contributed by atoms with E-state index in [0.717, 1.165) is 68.6 Å². The lowest BCUT2D eigenvalue weighted by molar-refractivity contribution is 0.145. The second kappa shape index (κ2) is 9.15. The van der Waals surface area contributed by atoms with Crippen LogP contribution in [0.5, 0.6) is 0 Å². The zero-order valence-corrected chi connectivity index (χ0v) is 18.1. The standard InChI is InChI=1S/C21H30N6OS/c1-16(2)27-19(23-24-20(27)29-15-17-7-5-9-22-13-17)18-8-6-12-26(14-18)21(28)25-10-3-4-11-25/h5,7,9,13,16,18H,3-4,6,8,10-12,14-15H2,1-2H3/t18-/m1/s1. The Morgan fingerprint density at radius 1 is 1.17 bits per heavy atom. The number of urea groups is 1. The van der Waals surface area contributed by atoms with Crippen LogP contribution in [0.3, 0.4) is 0 Å². The maximum atomic E-state index is 12.9. The maximum Gasteiger partial charge on any atom is 0.320 e. The fraction of sp³-hybridized carbons (Fsp3) is 0.619. The Kier molecular flexibility index (Phi) is 6.37. The highest BCUT2D eigenvalue weighted by Crippen LogP contribution is 2.32. The van der Waals surface area contributed by atoms with Gasteiger partial charge in [-0.05, 0) is 51.2 Å². The number of likely N-dealkylation sites (tertiary alicyclic amines) is 2. The summed E-state index contributed by atoms with van der Waals surface area (Å²) >= 11 is 1.70. The van der Waals surface area contributed by atoms with Crippen molar-refractivity contribution in [1.82, 2.24) is 29.5 Å². The molecule has 4 heterocycles. The number of piperidine rings is 1. The average Bonchev–Trinajstić information content (AvgIpc) is 3.42. The van der Waals surface area contributed by atoms with Crippen LogP contribution < -0.4 is 0 Å². The average molecular weight is 415 g/mol. The fourth-order valence-electron chi connectivity index (χ4n) is 4.25. The first kappa shape index (κ1) is 20.2. The van der Waals surface area contributed by atoms with Gasteiger partial charge in [0, 0.05) is 56.3 Å². The van der Waals surface area contributed by atoms with Crippen LogP contribution in [0.4, 0.5) is 4.79 Å². The van der Waals surface area contributed by atoms with Crippen LogP contribution in [0, 0.1) is 0 Å². The van der Waals surface area contributed by atoms with Crippen molar-refractivity contribution in [3.05, 3.63) is 35.9 Å². The predicted molar refractivity (Wildman–Crippen MR) is 114 cm³/mol. The molecule has 2 aromatic rings. The van der Waals surface area contributed by atoms with Crippen LogP contribution in [-0.4, -0.2) is 61.8 Å². The molecule has 2 aliphatic heterocycles. The predicted octanol–water partition coefficient (Wildman–Crippen LogP) is 3.94. The van der Waals surface area contributed by atoms with Gasteiger partial charge in [-0.25, -0.2) is 4.79 Å². The first-order chi connectivity index (χ1) is 14.1. The van der Waals surface area contributed by atoms with Crippen LogP contribution in [-0.2, 0) is 5.75 Å². The Hall–Kier alpha value is -2.09. The molecule has 7 nitrogen and oxygen atoms in total. The molecule has 0 aliphatic carbocycles. The van der Waals surface area contributed by atoms with Gasteiger partial charge in [-0.2, -0.15) is 0 Å². The lowest BCUT2D eigenvalue weighted by atomic mass is 9.97. The molecule has 0 radical (unpaired) electrons. The fourth-order valence-corrected chi connectivity index (χ4v) is 5.26. The van der Waals surface area contributed by atoms with Gasteiger partial charge in [0.2, 0.25) is 0 Å². The largest absolute Gasteiger partial charge is 0.325 e. The summed E-state index contributed by atoms with van der Waals surface area (Å²) in [4.78, 5) is 21.1. The van der Waals surface area contributed by atoms with Gasteiger partial charge in [0.05, 0.1) is 0 Å². The third-order valence-electron chi connectivity index (χ3n) is 5.73. The molecular weight excluding hydrogens is 384 g/mol. The van der Waals surface area contributed by atoms with E-state index in [1.165, 1.54) is 5.56 Å². The quantitative estimate of drug-likeness (QED) is 0.693. The Morgan fingerprint density at radius 3 is 2.69 bits per heavy atom. The molecule has 0 aromatic carbocycles. The van der Waals surface area contributed by atoms with E-state index in [9.17, 15) is 4.79 Å². The number of hydrogen-bond acceptors (Lipinski definition) is 5. The number of hydrogen-bond donors (Lipinski definition) is 0. The second-order valence-electron chi connectivity index (χ2n) is 8.22. The summed E-state index contributed by atoms with van der Waals surface area (Å²) in [5.74, 6) is 2.09. The Balaban J connectivity index is 1.48. The number of carbonyl (C=O) groups excluding carboxylic acids is 1. The number of rotatable bonds is 5. The smallest absolute Gasteiger partial charge is 0.320 e. The molecule has 0 saturated carbocycles. The zero-order chi connectivity index (χ0) is 20.2. The summed E-state index contributed by atoms with van der Waals surface area (Å²) in [6, 6.07) is 4.53. The topological polar surface area (TPSA) is 67.2 Å². The van der Waals surface area contributed by atoms with Gasteiger partial charge < -0.3 is 14.4 Å². The van der Waals surface area contributed by atoms with Crippen molar-refractivity contribution < 1.29 is 4.79 Å². The summed E-state index contributed by atoms with van der Waals surface area (Å²) in [6.07, 6.45) is 8.02. The molecule has 4 rings (SSSR count). The van der Waals surface area contributed by atoms with Crippen molar-refractivity contribution >= 4 is 17.8 Å². The molecule has 2 saturated heterocycles. The molecule has 0 unspecified atom stereocenters. The van der Waals surface area contributed by atoms with Gasteiger partial charge in [0.25, 0.3) is 0 Å². The number of carbonyl (C=O) groups is 1.